The Morgan fingerprint density at radius 2 is 1.92 bits per heavy atom. The second kappa shape index (κ2) is 7.87. The van der Waals surface area contributed by atoms with Gasteiger partial charge in [0.05, 0.1) is 12.6 Å². The second-order valence-electron chi connectivity index (χ2n) is 5.93. The van der Waals surface area contributed by atoms with Crippen LogP contribution in [0.2, 0.25) is 0 Å². The first kappa shape index (κ1) is 17.7. The van der Waals surface area contributed by atoms with Crippen molar-refractivity contribution in [2.75, 3.05) is 6.61 Å². The van der Waals surface area contributed by atoms with Crippen molar-refractivity contribution in [1.29, 1.82) is 0 Å². The Labute approximate surface area is 152 Å². The average molecular weight is 350 g/mol. The van der Waals surface area contributed by atoms with Crippen molar-refractivity contribution in [1.82, 2.24) is 10.3 Å². The van der Waals surface area contributed by atoms with Gasteiger partial charge in [0, 0.05) is 23.6 Å². The first-order valence-electron chi connectivity index (χ1n) is 8.72. The van der Waals surface area contributed by atoms with Crippen molar-refractivity contribution >= 4 is 16.8 Å². The molecule has 0 aliphatic heterocycles. The van der Waals surface area contributed by atoms with Crippen LogP contribution in [-0.2, 0) is 4.79 Å². The molecule has 1 unspecified atom stereocenters. The highest BCUT2D eigenvalue weighted by molar-refractivity contribution is 5.86. The summed E-state index contributed by atoms with van der Waals surface area (Å²) >= 11 is 0. The number of pyridine rings is 1. The monoisotopic (exact) mass is 350 g/mol. The third-order valence-corrected chi connectivity index (χ3v) is 4.24. The zero-order valence-corrected chi connectivity index (χ0v) is 14.9. The van der Waals surface area contributed by atoms with Gasteiger partial charge in [0.25, 0.3) is 0 Å². The number of hydrogen-bond acceptors (Lipinski definition) is 4. The molecular weight excluding hydrogens is 328 g/mol. The number of phenols is 1. The van der Waals surface area contributed by atoms with Gasteiger partial charge in [-0.1, -0.05) is 37.3 Å². The number of aromatic nitrogens is 1. The second-order valence-corrected chi connectivity index (χ2v) is 5.93. The summed E-state index contributed by atoms with van der Waals surface area (Å²) < 4.78 is 5.48. The van der Waals surface area contributed by atoms with Crippen molar-refractivity contribution in [2.24, 2.45) is 0 Å². The van der Waals surface area contributed by atoms with Gasteiger partial charge in [-0.3, -0.25) is 9.78 Å². The molecule has 0 fully saturated rings. The van der Waals surface area contributed by atoms with Crippen molar-refractivity contribution in [3.8, 4) is 11.5 Å². The van der Waals surface area contributed by atoms with Crippen molar-refractivity contribution < 1.29 is 14.6 Å². The minimum atomic E-state index is -0.468. The molecule has 1 aromatic heterocycles. The lowest BCUT2D eigenvalue weighted by molar-refractivity contribution is -0.121. The predicted molar refractivity (Wildman–Crippen MR) is 101 cm³/mol. The molecule has 3 rings (SSSR count). The summed E-state index contributed by atoms with van der Waals surface area (Å²) in [6.07, 6.45) is 2.00. The van der Waals surface area contributed by atoms with Gasteiger partial charge in [-0.25, -0.2) is 0 Å². The lowest BCUT2D eigenvalue weighted by Crippen LogP contribution is -2.28. The Kier molecular flexibility index (Phi) is 5.37. The molecule has 1 atom stereocenters. The Bertz CT molecular complexity index is 907. The maximum Gasteiger partial charge on any atom is 0.220 e. The fourth-order valence-corrected chi connectivity index (χ4v) is 2.91. The van der Waals surface area contributed by atoms with Crippen LogP contribution in [0.1, 0.15) is 37.4 Å². The van der Waals surface area contributed by atoms with Gasteiger partial charge < -0.3 is 15.2 Å². The number of ether oxygens (including phenoxy) is 1. The largest absolute Gasteiger partial charge is 0.505 e. The van der Waals surface area contributed by atoms with Crippen LogP contribution in [0, 0.1) is 0 Å². The van der Waals surface area contributed by atoms with Crippen molar-refractivity contribution in [3.05, 3.63) is 65.9 Å². The zero-order valence-electron chi connectivity index (χ0n) is 14.9. The number of hydrogen-bond donors (Lipinski definition) is 2. The molecule has 1 heterocycles. The Morgan fingerprint density at radius 3 is 2.62 bits per heavy atom. The lowest BCUT2D eigenvalue weighted by atomic mass is 9.96. The van der Waals surface area contributed by atoms with E-state index in [0.717, 1.165) is 16.7 Å². The molecule has 5 nitrogen and oxygen atoms in total. The molecule has 2 N–H and O–H groups in total. The number of phenolic OH excluding ortho intramolecular Hbond substituents is 1. The normalized spacial score (nSPS) is 11.9. The maximum absolute atomic E-state index is 12.1. The molecular formula is C21H22N2O3. The lowest BCUT2D eigenvalue weighted by Gasteiger charge is -2.21. The van der Waals surface area contributed by atoms with E-state index in [4.69, 9.17) is 4.74 Å². The predicted octanol–water partition coefficient (Wildman–Crippen LogP) is 3.95. The van der Waals surface area contributed by atoms with Crippen LogP contribution in [0.25, 0.3) is 10.9 Å². The van der Waals surface area contributed by atoms with Crippen molar-refractivity contribution in [2.45, 2.75) is 26.3 Å². The zero-order chi connectivity index (χ0) is 18.5. The number of carbonyl (C=O) groups excluding carboxylic acids is 1. The van der Waals surface area contributed by atoms with E-state index in [1.54, 1.807) is 13.1 Å². The van der Waals surface area contributed by atoms with Gasteiger partial charge in [0.15, 0.2) is 0 Å². The van der Waals surface area contributed by atoms with E-state index in [1.807, 2.05) is 55.5 Å². The van der Waals surface area contributed by atoms with E-state index in [0.29, 0.717) is 24.1 Å². The molecule has 26 heavy (non-hydrogen) atoms. The summed E-state index contributed by atoms with van der Waals surface area (Å²) in [7, 11) is 0. The van der Waals surface area contributed by atoms with Crippen LogP contribution < -0.4 is 10.1 Å². The van der Waals surface area contributed by atoms with Crippen LogP contribution in [0.4, 0.5) is 0 Å². The van der Waals surface area contributed by atoms with E-state index >= 15 is 0 Å². The molecule has 0 bridgehead atoms. The maximum atomic E-state index is 12.1. The molecule has 0 saturated carbocycles. The standard InChI is InChI=1S/C21H22N2O3/c1-3-18(24)23-19(15-7-10-16(11-8-15)26-4-2)17-12-9-14-6-5-13-22-20(14)21(17)25/h5-13,19,25H,3-4H2,1-2H3,(H,23,24). The van der Waals surface area contributed by atoms with Crippen LogP contribution in [0.3, 0.4) is 0 Å². The molecule has 134 valence electrons. The van der Waals surface area contributed by atoms with E-state index in [9.17, 15) is 9.90 Å². The summed E-state index contributed by atoms with van der Waals surface area (Å²) in [5.41, 5.74) is 2.00. The number of amides is 1. The minimum Gasteiger partial charge on any atom is -0.505 e. The number of nitrogens with one attached hydrogen (secondary N) is 1. The quantitative estimate of drug-likeness (QED) is 0.706. The topological polar surface area (TPSA) is 71.5 Å². The molecule has 0 saturated heterocycles. The van der Waals surface area contributed by atoms with Crippen LogP contribution >= 0.6 is 0 Å². The van der Waals surface area contributed by atoms with Crippen LogP contribution in [-0.4, -0.2) is 22.6 Å². The highest BCUT2D eigenvalue weighted by Gasteiger charge is 2.21. The Hall–Kier alpha value is -3.08. The van der Waals surface area contributed by atoms with Gasteiger partial charge in [-0.05, 0) is 30.7 Å². The molecule has 0 radical (unpaired) electrons. The number of carbonyl (C=O) groups is 1. The van der Waals surface area contributed by atoms with E-state index in [2.05, 4.69) is 10.3 Å². The summed E-state index contributed by atoms with van der Waals surface area (Å²) in [5, 5.41) is 14.6. The van der Waals surface area contributed by atoms with Crippen LogP contribution in [0.5, 0.6) is 11.5 Å². The number of benzene rings is 2. The summed E-state index contributed by atoms with van der Waals surface area (Å²) in [6.45, 7) is 4.32. The van der Waals surface area contributed by atoms with Gasteiger partial charge in [0.2, 0.25) is 5.91 Å². The smallest absolute Gasteiger partial charge is 0.220 e. The molecule has 1 amide bonds. The molecule has 0 aliphatic carbocycles. The van der Waals surface area contributed by atoms with Gasteiger partial charge in [-0.2, -0.15) is 0 Å². The first-order valence-corrected chi connectivity index (χ1v) is 8.72. The summed E-state index contributed by atoms with van der Waals surface area (Å²) in [4.78, 5) is 16.4. The minimum absolute atomic E-state index is 0.0818. The number of aromatic hydroxyl groups is 1. The highest BCUT2D eigenvalue weighted by atomic mass is 16.5. The van der Waals surface area contributed by atoms with Gasteiger partial charge in [-0.15, -0.1) is 0 Å². The van der Waals surface area contributed by atoms with Crippen molar-refractivity contribution in [3.63, 3.8) is 0 Å². The molecule has 0 spiro atoms. The number of fused-ring (bicyclic) bond motifs is 1. The van der Waals surface area contributed by atoms with Gasteiger partial charge >= 0.3 is 0 Å². The Morgan fingerprint density at radius 1 is 1.15 bits per heavy atom. The van der Waals surface area contributed by atoms with E-state index in [-0.39, 0.29) is 11.7 Å². The SMILES string of the molecule is CCOc1ccc(C(NC(=O)CC)c2ccc3cccnc3c2O)cc1. The molecule has 0 aliphatic rings. The Balaban J connectivity index is 2.06. The third kappa shape index (κ3) is 3.61. The number of rotatable bonds is 6. The first-order chi connectivity index (χ1) is 12.6. The fourth-order valence-electron chi connectivity index (χ4n) is 2.91. The molecule has 3 aromatic rings. The van der Waals surface area contributed by atoms with E-state index < -0.39 is 6.04 Å². The molecule has 2 aromatic carbocycles. The average Bonchev–Trinajstić information content (AvgIpc) is 2.68. The summed E-state index contributed by atoms with van der Waals surface area (Å²) in [5.74, 6) is 0.754. The third-order valence-electron chi connectivity index (χ3n) is 4.24. The highest BCUT2D eigenvalue weighted by Crippen LogP contribution is 2.34. The van der Waals surface area contributed by atoms with Crippen LogP contribution in [0.15, 0.2) is 54.7 Å². The summed E-state index contributed by atoms with van der Waals surface area (Å²) in [6, 6.07) is 14.5. The number of nitrogens with zero attached hydrogens (tertiary/aromatic N) is 1. The molecule has 5 heteroatoms. The van der Waals surface area contributed by atoms with E-state index in [1.165, 1.54) is 0 Å². The fraction of sp³-hybridized carbons (Fsp3) is 0.238. The van der Waals surface area contributed by atoms with Gasteiger partial charge in [0.1, 0.15) is 17.0 Å².